The summed E-state index contributed by atoms with van der Waals surface area (Å²) >= 11 is 0. The van der Waals surface area contributed by atoms with Crippen LogP contribution in [0.4, 0.5) is 11.4 Å². The van der Waals surface area contributed by atoms with Crippen molar-refractivity contribution >= 4 is 22.8 Å². The van der Waals surface area contributed by atoms with Crippen molar-refractivity contribution in [2.45, 2.75) is 27.7 Å². The first kappa shape index (κ1) is 34.2. The molecule has 0 N–H and O–H groups in total. The van der Waals surface area contributed by atoms with E-state index >= 15 is 0 Å². The maximum absolute atomic E-state index is 10.8. The van der Waals surface area contributed by atoms with Crippen LogP contribution in [-0.4, -0.2) is 34.4 Å². The van der Waals surface area contributed by atoms with Gasteiger partial charge in [0.2, 0.25) is 0 Å². The molecule has 0 atom stereocenters. The largest absolute Gasteiger partial charge is 2.00 e. The molecule has 0 fully saturated rings. The summed E-state index contributed by atoms with van der Waals surface area (Å²) in [4.78, 5) is 26.9. The fourth-order valence-corrected chi connectivity index (χ4v) is 1.89. The Balaban J connectivity index is -0.000000482. The first-order valence-electron chi connectivity index (χ1n) is 8.26. The molecule has 0 spiro atoms. The maximum atomic E-state index is 10.8. The van der Waals surface area contributed by atoms with E-state index in [0.717, 1.165) is 12.1 Å². The molecule has 0 unspecified atom stereocenters. The average Bonchev–Trinajstić information content (AvgIpc) is 2.58. The minimum Gasteiger partial charge on any atom is -0.876 e. The zero-order chi connectivity index (χ0) is 22.6. The first-order chi connectivity index (χ1) is 13.4. The quantitative estimate of drug-likeness (QED) is 0.0935. The third kappa shape index (κ3) is 16.9. The number of benzene rings is 1. The minimum atomic E-state index is -0.949. The molecule has 0 aromatic heterocycles. The molecule has 1 radical (unpaired) electrons. The van der Waals surface area contributed by atoms with Gasteiger partial charge in [-0.25, -0.2) is 0 Å². The molecule has 1 rings (SSSR count). The molecule has 0 saturated heterocycles. The van der Waals surface area contributed by atoms with Crippen LogP contribution >= 0.6 is 0 Å². The van der Waals surface area contributed by atoms with Gasteiger partial charge in [0.1, 0.15) is 0 Å². The van der Waals surface area contributed by atoms with E-state index in [1.54, 1.807) is 13.8 Å². The van der Waals surface area contributed by atoms with Crippen molar-refractivity contribution in [3.8, 4) is 5.75 Å². The Morgan fingerprint density at radius 1 is 0.903 bits per heavy atom. The molecule has 0 bridgehead atoms. The van der Waals surface area contributed by atoms with Crippen LogP contribution < -0.4 is 73.5 Å². The number of allylic oxidation sites excluding steroid dienone is 4. The Hall–Kier alpha value is -1.44. The number of aliphatic imine (C=N–C) groups is 2. The van der Waals surface area contributed by atoms with Crippen molar-refractivity contribution in [3.63, 3.8) is 0 Å². The molecular weight excluding hydrogens is 533 g/mol. The van der Waals surface area contributed by atoms with Crippen molar-refractivity contribution < 1.29 is 100 Å². The second-order valence-electron chi connectivity index (χ2n) is 5.72. The van der Waals surface area contributed by atoms with Gasteiger partial charge in [0.15, 0.2) is 0 Å². The summed E-state index contributed by atoms with van der Waals surface area (Å²) < 4.78 is 0. The standard InChI is InChI=1S/C12H20N2O2.C6H4N2O5.Cu.Rb/c1-9(7-11(3)15)13-5-6-14-10(2)8-12(4)16;9-6-2-1-4(7(10)11)3-5(6)8(12)13;;/h7-8,15-16H,5-6H2,1-4H3;1-3,9H;;/q;;+2;+1/p-3/b11-7-,12-8-,13-9?,14-10?;;;. The van der Waals surface area contributed by atoms with Crippen LogP contribution in [0.1, 0.15) is 27.7 Å². The van der Waals surface area contributed by atoms with Crippen LogP contribution in [0.15, 0.2) is 51.9 Å². The molecule has 167 valence electrons. The van der Waals surface area contributed by atoms with Crippen LogP contribution in [0.5, 0.6) is 5.75 Å². The first-order valence-corrected chi connectivity index (χ1v) is 8.26. The Labute approximate surface area is 239 Å². The Morgan fingerprint density at radius 2 is 1.32 bits per heavy atom. The Morgan fingerprint density at radius 3 is 1.65 bits per heavy atom. The third-order valence-corrected chi connectivity index (χ3v) is 3.00. The van der Waals surface area contributed by atoms with Crippen LogP contribution in [0.2, 0.25) is 0 Å². The summed E-state index contributed by atoms with van der Waals surface area (Å²) in [5, 5.41) is 52.5. The molecule has 1 aromatic carbocycles. The van der Waals surface area contributed by atoms with Gasteiger partial charge >= 0.3 is 75.3 Å². The van der Waals surface area contributed by atoms with E-state index in [2.05, 4.69) is 9.98 Å². The van der Waals surface area contributed by atoms with Crippen LogP contribution in [0, 0.1) is 20.2 Å². The molecule has 1 aromatic rings. The molecule has 0 amide bonds. The van der Waals surface area contributed by atoms with Crippen LogP contribution in [0.25, 0.3) is 0 Å². The van der Waals surface area contributed by atoms with Gasteiger partial charge in [-0.2, -0.15) is 0 Å². The topological polar surface area (TPSA) is 180 Å². The SMILES string of the molecule is CC(/C=C(/C)[O-])=NCCN=C(C)/C=C(/C)[O-].O=[N+]([O-])c1ccc([O-])c([N+](=O)[O-])c1.[Cu+2].[Rb+]. The smallest absolute Gasteiger partial charge is 0.876 e. The summed E-state index contributed by atoms with van der Waals surface area (Å²) in [6.07, 6.45) is 2.97. The van der Waals surface area contributed by atoms with Gasteiger partial charge in [-0.05, 0) is 19.6 Å². The van der Waals surface area contributed by atoms with Crippen molar-refractivity contribution in [3.05, 3.63) is 62.1 Å². The summed E-state index contributed by atoms with van der Waals surface area (Å²) in [6, 6.07) is 2.37. The fourth-order valence-electron chi connectivity index (χ4n) is 1.89. The predicted molar refractivity (Wildman–Crippen MR) is 103 cm³/mol. The zero-order valence-electron chi connectivity index (χ0n) is 17.7. The Bertz CT molecular complexity index is 828. The molecule has 0 saturated carbocycles. The molecule has 0 aliphatic rings. The molecule has 11 nitrogen and oxygen atoms in total. The van der Waals surface area contributed by atoms with Gasteiger partial charge < -0.3 is 15.3 Å². The summed E-state index contributed by atoms with van der Waals surface area (Å²) in [6.45, 7) is 7.59. The van der Waals surface area contributed by atoms with E-state index in [1.807, 2.05) is 0 Å². The van der Waals surface area contributed by atoms with Crippen molar-refractivity contribution in [2.24, 2.45) is 9.98 Å². The zero-order valence-corrected chi connectivity index (χ0v) is 23.6. The predicted octanol–water partition coefficient (Wildman–Crippen LogP) is -1.99. The van der Waals surface area contributed by atoms with E-state index in [0.29, 0.717) is 30.6 Å². The van der Waals surface area contributed by atoms with Crippen LogP contribution in [0.3, 0.4) is 0 Å². The number of nitro groups is 2. The van der Waals surface area contributed by atoms with E-state index in [1.165, 1.54) is 26.0 Å². The van der Waals surface area contributed by atoms with E-state index in [-0.39, 0.29) is 86.8 Å². The number of hydrogen-bond donors (Lipinski definition) is 0. The molecule has 31 heavy (non-hydrogen) atoms. The van der Waals surface area contributed by atoms with Gasteiger partial charge in [0, 0.05) is 17.5 Å². The second kappa shape index (κ2) is 18.2. The second-order valence-corrected chi connectivity index (χ2v) is 5.72. The van der Waals surface area contributed by atoms with Gasteiger partial charge in [0.05, 0.1) is 29.0 Å². The number of rotatable bonds is 7. The van der Waals surface area contributed by atoms with Crippen molar-refractivity contribution in [1.82, 2.24) is 0 Å². The molecular formula is C18H21CuN4O7Rb. The third-order valence-electron chi connectivity index (χ3n) is 3.00. The van der Waals surface area contributed by atoms with Gasteiger partial charge in [0.25, 0.3) is 11.4 Å². The maximum Gasteiger partial charge on any atom is 2.00 e. The Kier molecular flexibility index (Phi) is 20.0. The monoisotopic (exact) mass is 553 g/mol. The number of hydrogen-bond acceptors (Lipinski definition) is 9. The van der Waals surface area contributed by atoms with Crippen molar-refractivity contribution in [2.75, 3.05) is 13.1 Å². The summed E-state index contributed by atoms with van der Waals surface area (Å²) in [5.41, 5.74) is 0.160. The average molecular weight is 554 g/mol. The number of nitrogens with zero attached hydrogens (tertiary/aromatic N) is 4. The summed E-state index contributed by atoms with van der Waals surface area (Å²) in [5.74, 6) is -0.854. The normalized spacial score (nSPS) is 12.0. The van der Waals surface area contributed by atoms with E-state index in [9.17, 15) is 35.5 Å². The van der Waals surface area contributed by atoms with E-state index < -0.39 is 27.0 Å². The minimum absolute atomic E-state index is 0. The van der Waals surface area contributed by atoms with Gasteiger partial charge in [-0.3, -0.25) is 30.2 Å². The fraction of sp³-hybridized carbons (Fsp3) is 0.333. The number of non-ortho nitro benzene ring substituents is 1. The molecule has 0 aliphatic carbocycles. The van der Waals surface area contributed by atoms with Crippen molar-refractivity contribution in [1.29, 1.82) is 0 Å². The summed E-state index contributed by atoms with van der Waals surface area (Å²) in [7, 11) is 0. The molecule has 0 heterocycles. The van der Waals surface area contributed by atoms with Crippen LogP contribution in [-0.2, 0) is 17.1 Å². The molecule has 0 aliphatic heterocycles. The number of nitro benzene ring substituents is 2. The van der Waals surface area contributed by atoms with Gasteiger partial charge in [-0.15, -0.1) is 11.5 Å². The molecule has 13 heteroatoms. The van der Waals surface area contributed by atoms with Gasteiger partial charge in [-0.1, -0.05) is 32.1 Å². The van der Waals surface area contributed by atoms with E-state index in [4.69, 9.17) is 0 Å².